The number of likely N-dealkylation sites (N-methyl/N-ethyl adjacent to an activating group) is 1. The van der Waals surface area contributed by atoms with Crippen molar-refractivity contribution in [1.82, 2.24) is 10.2 Å². The first-order valence-electron chi connectivity index (χ1n) is 6.93. The summed E-state index contributed by atoms with van der Waals surface area (Å²) < 4.78 is 5.54. The normalized spacial score (nSPS) is 29.2. The second-order valence-corrected chi connectivity index (χ2v) is 5.02. The fourth-order valence-electron chi connectivity index (χ4n) is 2.85. The average Bonchev–Trinajstić information content (AvgIpc) is 2.84. The largest absolute Gasteiger partial charge is 0.378 e. The van der Waals surface area contributed by atoms with E-state index < -0.39 is 0 Å². The summed E-state index contributed by atoms with van der Waals surface area (Å²) in [6, 6.07) is 0.391. The molecule has 0 saturated carbocycles. The molecule has 2 unspecified atom stereocenters. The molecule has 0 aromatic carbocycles. The van der Waals surface area contributed by atoms with Crippen LogP contribution in [0.5, 0.6) is 0 Å². The molecule has 4 nitrogen and oxygen atoms in total. The van der Waals surface area contributed by atoms with Gasteiger partial charge >= 0.3 is 0 Å². The Kier molecular flexibility index (Phi) is 4.80. The molecule has 2 heterocycles. The molecule has 17 heavy (non-hydrogen) atoms. The van der Waals surface area contributed by atoms with Gasteiger partial charge in [0.15, 0.2) is 0 Å². The highest BCUT2D eigenvalue weighted by Crippen LogP contribution is 2.18. The van der Waals surface area contributed by atoms with Crippen LogP contribution in [0, 0.1) is 0 Å². The van der Waals surface area contributed by atoms with Gasteiger partial charge in [0.1, 0.15) is 0 Å². The van der Waals surface area contributed by atoms with E-state index in [9.17, 15) is 4.79 Å². The number of carbonyl (C=O) groups is 1. The van der Waals surface area contributed by atoms with E-state index in [1.54, 1.807) is 0 Å². The Morgan fingerprint density at radius 2 is 2.29 bits per heavy atom. The van der Waals surface area contributed by atoms with E-state index >= 15 is 0 Å². The molecule has 98 valence electrons. The molecule has 0 aromatic rings. The fourth-order valence-corrected chi connectivity index (χ4v) is 2.85. The maximum atomic E-state index is 12.2. The minimum atomic E-state index is 0.174. The lowest BCUT2D eigenvalue weighted by atomic mass is 10.0. The van der Waals surface area contributed by atoms with Gasteiger partial charge in [0.05, 0.1) is 12.5 Å². The van der Waals surface area contributed by atoms with Gasteiger partial charge in [0.25, 0.3) is 0 Å². The van der Waals surface area contributed by atoms with Crippen molar-refractivity contribution in [2.24, 2.45) is 0 Å². The van der Waals surface area contributed by atoms with E-state index in [1.807, 2.05) is 4.90 Å². The topological polar surface area (TPSA) is 41.6 Å². The predicted molar refractivity (Wildman–Crippen MR) is 66.9 cm³/mol. The molecule has 1 amide bonds. The lowest BCUT2D eigenvalue weighted by Crippen LogP contribution is -2.49. The number of nitrogens with one attached hydrogen (secondary N) is 1. The SMILES string of the molecule is CCN(C(=O)CC1CCCO1)C1CCCNC1. The van der Waals surface area contributed by atoms with E-state index in [2.05, 4.69) is 12.2 Å². The van der Waals surface area contributed by atoms with Gasteiger partial charge in [-0.3, -0.25) is 4.79 Å². The second-order valence-electron chi connectivity index (χ2n) is 5.02. The lowest BCUT2D eigenvalue weighted by molar-refractivity contribution is -0.136. The van der Waals surface area contributed by atoms with Gasteiger partial charge in [0, 0.05) is 25.7 Å². The summed E-state index contributed by atoms with van der Waals surface area (Å²) in [5.74, 6) is 0.271. The zero-order valence-electron chi connectivity index (χ0n) is 10.8. The zero-order chi connectivity index (χ0) is 12.1. The quantitative estimate of drug-likeness (QED) is 0.801. The van der Waals surface area contributed by atoms with Crippen LogP contribution >= 0.6 is 0 Å². The summed E-state index contributed by atoms with van der Waals surface area (Å²) in [5.41, 5.74) is 0. The molecule has 2 fully saturated rings. The van der Waals surface area contributed by atoms with Crippen LogP contribution in [0.3, 0.4) is 0 Å². The van der Waals surface area contributed by atoms with Crippen LogP contribution in [-0.2, 0) is 9.53 Å². The third-order valence-corrected chi connectivity index (χ3v) is 3.80. The Labute approximate surface area is 104 Å². The third kappa shape index (κ3) is 3.42. The Morgan fingerprint density at radius 3 is 2.88 bits per heavy atom. The molecule has 0 aliphatic carbocycles. The number of nitrogens with zero attached hydrogens (tertiary/aromatic N) is 1. The molecule has 0 aromatic heterocycles. The van der Waals surface area contributed by atoms with E-state index in [4.69, 9.17) is 4.74 Å². The monoisotopic (exact) mass is 240 g/mol. The molecule has 2 aliphatic rings. The summed E-state index contributed by atoms with van der Waals surface area (Å²) in [5, 5.41) is 3.37. The number of piperidine rings is 1. The van der Waals surface area contributed by atoms with Crippen LogP contribution in [0.25, 0.3) is 0 Å². The van der Waals surface area contributed by atoms with Crippen molar-refractivity contribution in [2.45, 2.75) is 51.2 Å². The summed E-state index contributed by atoms with van der Waals surface area (Å²) in [6.07, 6.45) is 5.21. The van der Waals surface area contributed by atoms with Gasteiger partial charge in [-0.1, -0.05) is 0 Å². The molecule has 2 rings (SSSR count). The van der Waals surface area contributed by atoms with Gasteiger partial charge < -0.3 is 15.0 Å². The Hall–Kier alpha value is -0.610. The first kappa shape index (κ1) is 12.8. The van der Waals surface area contributed by atoms with Crippen LogP contribution in [0.15, 0.2) is 0 Å². The molecule has 4 heteroatoms. The smallest absolute Gasteiger partial charge is 0.225 e. The van der Waals surface area contributed by atoms with Crippen molar-refractivity contribution in [3.05, 3.63) is 0 Å². The van der Waals surface area contributed by atoms with Crippen molar-refractivity contribution in [3.63, 3.8) is 0 Å². The number of rotatable bonds is 4. The molecule has 1 N–H and O–H groups in total. The van der Waals surface area contributed by atoms with Gasteiger partial charge in [-0.25, -0.2) is 0 Å². The van der Waals surface area contributed by atoms with Crippen LogP contribution < -0.4 is 5.32 Å². The van der Waals surface area contributed by atoms with Crippen LogP contribution in [0.2, 0.25) is 0 Å². The van der Waals surface area contributed by atoms with Crippen molar-refractivity contribution in [1.29, 1.82) is 0 Å². The highest BCUT2D eigenvalue weighted by atomic mass is 16.5. The van der Waals surface area contributed by atoms with Crippen molar-refractivity contribution in [3.8, 4) is 0 Å². The van der Waals surface area contributed by atoms with Gasteiger partial charge in [-0.05, 0) is 39.2 Å². The number of carbonyl (C=O) groups excluding carboxylic acids is 1. The second kappa shape index (κ2) is 6.36. The van der Waals surface area contributed by atoms with Crippen molar-refractivity contribution in [2.75, 3.05) is 26.2 Å². The van der Waals surface area contributed by atoms with E-state index in [1.165, 1.54) is 6.42 Å². The van der Waals surface area contributed by atoms with E-state index in [0.29, 0.717) is 12.5 Å². The van der Waals surface area contributed by atoms with Crippen molar-refractivity contribution < 1.29 is 9.53 Å². The number of ether oxygens (including phenoxy) is 1. The first-order valence-corrected chi connectivity index (χ1v) is 6.93. The first-order chi connectivity index (χ1) is 8.31. The molecule has 2 aliphatic heterocycles. The molecular formula is C13H24N2O2. The minimum absolute atomic E-state index is 0.174. The molecule has 0 spiro atoms. The minimum Gasteiger partial charge on any atom is -0.378 e. The molecular weight excluding hydrogens is 216 g/mol. The maximum Gasteiger partial charge on any atom is 0.225 e. The molecule has 0 radical (unpaired) electrons. The van der Waals surface area contributed by atoms with Gasteiger partial charge in [0.2, 0.25) is 5.91 Å². The van der Waals surface area contributed by atoms with Crippen LogP contribution in [-0.4, -0.2) is 49.2 Å². The average molecular weight is 240 g/mol. The van der Waals surface area contributed by atoms with E-state index in [0.717, 1.165) is 45.5 Å². The Morgan fingerprint density at radius 1 is 1.41 bits per heavy atom. The predicted octanol–water partition coefficient (Wildman–Crippen LogP) is 1.16. The van der Waals surface area contributed by atoms with E-state index in [-0.39, 0.29) is 12.0 Å². The van der Waals surface area contributed by atoms with Crippen molar-refractivity contribution >= 4 is 5.91 Å². The molecule has 2 atom stereocenters. The highest BCUT2D eigenvalue weighted by Gasteiger charge is 2.27. The summed E-state index contributed by atoms with van der Waals surface area (Å²) >= 11 is 0. The van der Waals surface area contributed by atoms with Gasteiger partial charge in [-0.2, -0.15) is 0 Å². The zero-order valence-corrected chi connectivity index (χ0v) is 10.8. The highest BCUT2D eigenvalue weighted by molar-refractivity contribution is 5.77. The Bertz CT molecular complexity index is 246. The van der Waals surface area contributed by atoms with Gasteiger partial charge in [-0.15, -0.1) is 0 Å². The maximum absolute atomic E-state index is 12.2. The van der Waals surface area contributed by atoms with Crippen LogP contribution in [0.1, 0.15) is 39.0 Å². The summed E-state index contributed by atoms with van der Waals surface area (Å²) in [4.78, 5) is 14.3. The standard InChI is InChI=1S/C13H24N2O2/c1-2-15(11-5-3-7-14-10-11)13(16)9-12-6-4-8-17-12/h11-12,14H,2-10H2,1H3. The third-order valence-electron chi connectivity index (χ3n) is 3.80. The fraction of sp³-hybridized carbons (Fsp3) is 0.923. The Balaban J connectivity index is 1.84. The summed E-state index contributed by atoms with van der Waals surface area (Å²) in [6.45, 7) is 5.76. The number of amides is 1. The number of hydrogen-bond acceptors (Lipinski definition) is 3. The summed E-state index contributed by atoms with van der Waals surface area (Å²) in [7, 11) is 0. The molecule has 2 saturated heterocycles. The molecule has 0 bridgehead atoms. The van der Waals surface area contributed by atoms with Crippen LogP contribution in [0.4, 0.5) is 0 Å². The lowest BCUT2D eigenvalue weighted by Gasteiger charge is -2.34. The number of hydrogen-bond donors (Lipinski definition) is 1.